The van der Waals surface area contributed by atoms with Gasteiger partial charge in [0.2, 0.25) is 5.88 Å². The number of pyridine rings is 1. The van der Waals surface area contributed by atoms with Crippen LogP contribution in [-0.2, 0) is 6.54 Å². The van der Waals surface area contributed by atoms with Crippen LogP contribution in [-0.4, -0.2) is 54.0 Å². The molecule has 4 N–H and O–H groups in total. The number of halogens is 1. The first kappa shape index (κ1) is 30.7. The third kappa shape index (κ3) is 6.14. The summed E-state index contributed by atoms with van der Waals surface area (Å²) >= 11 is 0. The fraction of sp³-hybridized carbons (Fsp3) is 0.286. The molecule has 8 nitrogen and oxygen atoms in total. The van der Waals surface area contributed by atoms with Crippen LogP contribution in [0.15, 0.2) is 72.9 Å². The lowest BCUT2D eigenvalue weighted by Gasteiger charge is -2.43. The van der Waals surface area contributed by atoms with Crippen LogP contribution in [0, 0.1) is 12.7 Å². The number of nitrogens with zero attached hydrogens (tertiary/aromatic N) is 3. The molecule has 2 amide bonds. The number of primary amides is 1. The lowest BCUT2D eigenvalue weighted by molar-refractivity contribution is 0.0716. The minimum atomic E-state index is -0.552. The Hall–Kier alpha value is -4.76. The van der Waals surface area contributed by atoms with Crippen molar-refractivity contribution in [2.75, 3.05) is 31.1 Å². The molecule has 0 spiro atoms. The second kappa shape index (κ2) is 13.3. The number of piperazine rings is 1. The molecule has 228 valence electrons. The predicted molar refractivity (Wildman–Crippen MR) is 171 cm³/mol. The van der Waals surface area contributed by atoms with Crippen molar-refractivity contribution in [2.45, 2.75) is 39.8 Å². The average molecular weight is 596 g/mol. The minimum Gasteiger partial charge on any atom is -0.478 e. The zero-order valence-electron chi connectivity index (χ0n) is 25.3. The molecule has 0 bridgehead atoms. The Morgan fingerprint density at radius 2 is 1.75 bits per heavy atom. The predicted octanol–water partition coefficient (Wildman–Crippen LogP) is 5.56. The number of aromatic nitrogens is 1. The summed E-state index contributed by atoms with van der Waals surface area (Å²) in [6, 6.07) is 20.0. The van der Waals surface area contributed by atoms with Crippen molar-refractivity contribution in [2.24, 2.45) is 11.5 Å². The first-order valence-corrected chi connectivity index (χ1v) is 14.9. The van der Waals surface area contributed by atoms with Crippen LogP contribution in [0.25, 0.3) is 22.3 Å². The molecule has 0 saturated carbocycles. The lowest BCUT2D eigenvalue weighted by Crippen LogP contribution is -2.55. The number of anilines is 1. The molecular weight excluding hydrogens is 557 g/mol. The summed E-state index contributed by atoms with van der Waals surface area (Å²) in [6.45, 7) is 7.76. The summed E-state index contributed by atoms with van der Waals surface area (Å²) in [6.07, 6.45) is 2.36. The number of nitrogens with two attached hydrogens (primary N) is 2. The summed E-state index contributed by atoms with van der Waals surface area (Å²) in [5, 5.41) is 0. The second-order valence-electron chi connectivity index (χ2n) is 11.0. The van der Waals surface area contributed by atoms with E-state index in [0.29, 0.717) is 61.9 Å². The SMILES string of the molecule is CCOc1ncccc1-c1ccc(N2CCN(C(=O)c3c(F)cc(C)cc3-c3ccc(CN)cc3)C[C@H]2CC)c(C(N)=O)c1. The Bertz CT molecular complexity index is 1670. The second-order valence-corrected chi connectivity index (χ2v) is 11.0. The van der Waals surface area contributed by atoms with Crippen LogP contribution < -0.4 is 21.1 Å². The number of amides is 2. The van der Waals surface area contributed by atoms with Gasteiger partial charge >= 0.3 is 0 Å². The molecule has 1 saturated heterocycles. The van der Waals surface area contributed by atoms with E-state index in [1.165, 1.54) is 6.07 Å². The molecule has 3 aromatic carbocycles. The third-order valence-corrected chi connectivity index (χ3v) is 8.12. The molecule has 1 aliphatic heterocycles. The van der Waals surface area contributed by atoms with Gasteiger partial charge in [0.1, 0.15) is 5.82 Å². The van der Waals surface area contributed by atoms with Crippen molar-refractivity contribution in [3.8, 4) is 28.1 Å². The van der Waals surface area contributed by atoms with Crippen molar-refractivity contribution >= 4 is 17.5 Å². The monoisotopic (exact) mass is 595 g/mol. The summed E-state index contributed by atoms with van der Waals surface area (Å²) in [4.78, 5) is 34.9. The van der Waals surface area contributed by atoms with Gasteiger partial charge in [0, 0.05) is 49.7 Å². The number of hydrogen-bond acceptors (Lipinski definition) is 6. The van der Waals surface area contributed by atoms with Gasteiger partial charge in [-0.3, -0.25) is 9.59 Å². The molecule has 1 aliphatic rings. The molecule has 4 aromatic rings. The van der Waals surface area contributed by atoms with Crippen LogP contribution in [0.3, 0.4) is 0 Å². The third-order valence-electron chi connectivity index (χ3n) is 8.12. The van der Waals surface area contributed by atoms with E-state index >= 15 is 4.39 Å². The molecule has 5 rings (SSSR count). The van der Waals surface area contributed by atoms with E-state index in [1.54, 1.807) is 17.2 Å². The Morgan fingerprint density at radius 3 is 2.43 bits per heavy atom. The van der Waals surface area contributed by atoms with Gasteiger partial charge in [-0.25, -0.2) is 9.37 Å². The maximum atomic E-state index is 15.5. The maximum absolute atomic E-state index is 15.5. The van der Waals surface area contributed by atoms with Gasteiger partial charge in [-0.2, -0.15) is 0 Å². The highest BCUT2D eigenvalue weighted by Crippen LogP contribution is 2.35. The Morgan fingerprint density at radius 1 is 1.00 bits per heavy atom. The van der Waals surface area contributed by atoms with E-state index in [-0.39, 0.29) is 17.5 Å². The van der Waals surface area contributed by atoms with E-state index in [1.807, 2.05) is 75.4 Å². The first-order valence-electron chi connectivity index (χ1n) is 14.9. The molecule has 44 heavy (non-hydrogen) atoms. The van der Waals surface area contributed by atoms with Gasteiger partial charge in [-0.05, 0) is 78.4 Å². The summed E-state index contributed by atoms with van der Waals surface area (Å²) in [7, 11) is 0. The molecule has 0 radical (unpaired) electrons. The molecule has 9 heteroatoms. The number of hydrogen-bond donors (Lipinski definition) is 2. The van der Waals surface area contributed by atoms with E-state index in [9.17, 15) is 9.59 Å². The Labute approximate surface area is 257 Å². The largest absolute Gasteiger partial charge is 0.478 e. The number of carbonyl (C=O) groups is 2. The fourth-order valence-corrected chi connectivity index (χ4v) is 5.89. The first-order chi connectivity index (χ1) is 21.2. The van der Waals surface area contributed by atoms with Crippen LogP contribution in [0.1, 0.15) is 52.1 Å². The summed E-state index contributed by atoms with van der Waals surface area (Å²) in [5.41, 5.74) is 17.3. The highest BCUT2D eigenvalue weighted by Gasteiger charge is 2.33. The molecule has 1 fully saturated rings. The Balaban J connectivity index is 1.44. The average Bonchev–Trinajstić information content (AvgIpc) is 3.04. The van der Waals surface area contributed by atoms with Crippen LogP contribution in [0.2, 0.25) is 0 Å². The zero-order chi connectivity index (χ0) is 31.4. The number of benzene rings is 3. The van der Waals surface area contributed by atoms with Gasteiger partial charge in [-0.1, -0.05) is 43.3 Å². The van der Waals surface area contributed by atoms with Crippen LogP contribution in [0.5, 0.6) is 5.88 Å². The quantitative estimate of drug-likeness (QED) is 0.262. The number of rotatable bonds is 9. The van der Waals surface area contributed by atoms with Crippen LogP contribution >= 0.6 is 0 Å². The van der Waals surface area contributed by atoms with Crippen molar-refractivity contribution < 1.29 is 18.7 Å². The highest BCUT2D eigenvalue weighted by molar-refractivity contribution is 6.02. The van der Waals surface area contributed by atoms with Crippen molar-refractivity contribution in [1.82, 2.24) is 9.88 Å². The highest BCUT2D eigenvalue weighted by atomic mass is 19.1. The smallest absolute Gasteiger partial charge is 0.257 e. The van der Waals surface area contributed by atoms with Gasteiger partial charge in [0.25, 0.3) is 11.8 Å². The molecular formula is C35H38FN5O3. The van der Waals surface area contributed by atoms with E-state index in [2.05, 4.69) is 9.88 Å². The molecule has 1 aromatic heterocycles. The lowest BCUT2D eigenvalue weighted by atomic mass is 9.94. The summed E-state index contributed by atoms with van der Waals surface area (Å²) in [5.74, 6) is -0.973. The van der Waals surface area contributed by atoms with Gasteiger partial charge in [-0.15, -0.1) is 0 Å². The number of carbonyl (C=O) groups excluding carboxylic acids is 2. The maximum Gasteiger partial charge on any atom is 0.257 e. The standard InChI is InChI=1S/C35H38FN5O3/c1-4-26-21-40(35(43)32-28(17-22(3)18-30(32)36)24-10-8-23(20-37)9-11-24)15-16-41(26)31-13-12-25(19-29(31)33(38)42)27-7-6-14-39-34(27)44-5-2/h6-14,17-19,26H,4-5,15-16,20-21,37H2,1-3H3,(H2,38,42)/t26-/m1/s1. The van der Waals surface area contributed by atoms with Gasteiger partial charge in [0.05, 0.1) is 17.7 Å². The number of ether oxygens (including phenoxy) is 1. The number of aryl methyl sites for hydroxylation is 1. The molecule has 0 unspecified atom stereocenters. The minimum absolute atomic E-state index is 0.0585. The normalized spacial score (nSPS) is 14.9. The molecule has 1 atom stereocenters. The van der Waals surface area contributed by atoms with Crippen molar-refractivity contribution in [1.29, 1.82) is 0 Å². The molecule has 2 heterocycles. The van der Waals surface area contributed by atoms with E-state index < -0.39 is 11.7 Å². The van der Waals surface area contributed by atoms with Crippen LogP contribution in [0.4, 0.5) is 10.1 Å². The van der Waals surface area contributed by atoms with Crippen molar-refractivity contribution in [3.63, 3.8) is 0 Å². The summed E-state index contributed by atoms with van der Waals surface area (Å²) < 4.78 is 21.2. The van der Waals surface area contributed by atoms with Gasteiger partial charge in [0.15, 0.2) is 0 Å². The zero-order valence-corrected chi connectivity index (χ0v) is 25.3. The van der Waals surface area contributed by atoms with E-state index in [0.717, 1.165) is 27.8 Å². The van der Waals surface area contributed by atoms with E-state index in [4.69, 9.17) is 16.2 Å². The topological polar surface area (TPSA) is 115 Å². The van der Waals surface area contributed by atoms with Gasteiger partial charge < -0.3 is 26.0 Å². The molecule has 0 aliphatic carbocycles. The Kier molecular flexibility index (Phi) is 9.25. The fourth-order valence-electron chi connectivity index (χ4n) is 5.89. The van der Waals surface area contributed by atoms with Crippen molar-refractivity contribution in [3.05, 3.63) is 101 Å².